The molecule has 0 fully saturated rings. The molecule has 188 valence electrons. The van der Waals surface area contributed by atoms with E-state index < -0.39 is 11.9 Å². The van der Waals surface area contributed by atoms with Crippen LogP contribution in [-0.2, 0) is 6.61 Å². The molecule has 0 aliphatic rings. The lowest BCUT2D eigenvalue weighted by Gasteiger charge is -2.15. The average Bonchev–Trinajstić information content (AvgIpc) is 2.88. The number of aromatic carboxylic acids is 1. The molecule has 2 N–H and O–H groups in total. The van der Waals surface area contributed by atoms with Crippen molar-refractivity contribution in [2.24, 2.45) is 5.10 Å². The van der Waals surface area contributed by atoms with Crippen molar-refractivity contribution in [1.82, 2.24) is 5.43 Å². The van der Waals surface area contributed by atoms with Gasteiger partial charge in [-0.3, -0.25) is 4.79 Å². The highest BCUT2D eigenvalue weighted by atomic mass is 79.9. The van der Waals surface area contributed by atoms with E-state index in [1.54, 1.807) is 42.5 Å². The number of hydrazone groups is 1. The third-order valence-corrected chi connectivity index (χ3v) is 5.53. The van der Waals surface area contributed by atoms with E-state index in [2.05, 4.69) is 26.5 Å². The SMILES string of the molecule is CCOc1cc(/C=N/NC(=O)c2ccc(OC)c(OC)c2)cc(Br)c1OCc1ccc(C(=O)O)cc1. The number of carboxylic acids is 1. The van der Waals surface area contributed by atoms with Gasteiger partial charge in [-0.1, -0.05) is 12.1 Å². The first-order chi connectivity index (χ1) is 17.4. The standard InChI is InChI=1S/C26H25BrN2O7/c1-4-35-23-12-17(14-28-29-25(30)19-9-10-21(33-2)22(13-19)34-3)11-20(27)24(23)36-15-16-5-7-18(8-6-16)26(31)32/h5-14H,4,15H2,1-3H3,(H,29,30)(H,31,32)/b28-14+. The van der Waals surface area contributed by atoms with E-state index in [1.807, 2.05) is 6.92 Å². The molecule has 0 aromatic heterocycles. The van der Waals surface area contributed by atoms with Crippen LogP contribution in [-0.4, -0.2) is 44.0 Å². The molecule has 9 nitrogen and oxygen atoms in total. The normalized spacial score (nSPS) is 10.7. The molecule has 0 aliphatic heterocycles. The molecule has 0 unspecified atom stereocenters. The second kappa shape index (κ2) is 12.6. The number of carbonyl (C=O) groups excluding carboxylic acids is 1. The van der Waals surface area contributed by atoms with Crippen molar-refractivity contribution in [3.8, 4) is 23.0 Å². The van der Waals surface area contributed by atoms with Crippen molar-refractivity contribution in [1.29, 1.82) is 0 Å². The zero-order chi connectivity index (χ0) is 26.1. The molecule has 0 saturated heterocycles. The Morgan fingerprint density at radius 1 is 0.944 bits per heavy atom. The Balaban J connectivity index is 1.71. The number of nitrogens with zero attached hydrogens (tertiary/aromatic N) is 1. The Bertz CT molecular complexity index is 1260. The molecule has 0 radical (unpaired) electrons. The van der Waals surface area contributed by atoms with Gasteiger partial charge in [-0.15, -0.1) is 0 Å². The van der Waals surface area contributed by atoms with Crippen molar-refractivity contribution >= 4 is 34.0 Å². The monoisotopic (exact) mass is 556 g/mol. The topological polar surface area (TPSA) is 116 Å². The lowest BCUT2D eigenvalue weighted by molar-refractivity contribution is 0.0696. The molecule has 1 amide bonds. The molecular weight excluding hydrogens is 532 g/mol. The first-order valence-corrected chi connectivity index (χ1v) is 11.6. The second-order valence-electron chi connectivity index (χ2n) is 7.32. The Morgan fingerprint density at radius 2 is 1.64 bits per heavy atom. The van der Waals surface area contributed by atoms with Crippen LogP contribution in [0.1, 0.15) is 38.8 Å². The highest BCUT2D eigenvalue weighted by molar-refractivity contribution is 9.10. The maximum absolute atomic E-state index is 12.5. The number of halogens is 1. The summed E-state index contributed by atoms with van der Waals surface area (Å²) < 4.78 is 22.7. The fourth-order valence-corrected chi connectivity index (χ4v) is 3.75. The van der Waals surface area contributed by atoms with Crippen molar-refractivity contribution in [3.05, 3.63) is 81.3 Å². The van der Waals surface area contributed by atoms with Crippen molar-refractivity contribution < 1.29 is 33.6 Å². The number of ether oxygens (including phenoxy) is 4. The number of rotatable bonds is 11. The summed E-state index contributed by atoms with van der Waals surface area (Å²) in [4.78, 5) is 23.5. The maximum Gasteiger partial charge on any atom is 0.335 e. The Kier molecular flexibility index (Phi) is 9.29. The number of hydrogen-bond donors (Lipinski definition) is 2. The van der Waals surface area contributed by atoms with Gasteiger partial charge in [0.1, 0.15) is 6.61 Å². The highest BCUT2D eigenvalue weighted by Crippen LogP contribution is 2.37. The third kappa shape index (κ3) is 6.76. The molecule has 36 heavy (non-hydrogen) atoms. The Hall–Kier alpha value is -4.05. The molecule has 0 heterocycles. The zero-order valence-electron chi connectivity index (χ0n) is 19.9. The Labute approximate surface area is 216 Å². The predicted molar refractivity (Wildman–Crippen MR) is 138 cm³/mol. The summed E-state index contributed by atoms with van der Waals surface area (Å²) in [6.07, 6.45) is 1.49. The van der Waals surface area contributed by atoms with Crippen LogP contribution in [0.25, 0.3) is 0 Å². The van der Waals surface area contributed by atoms with Gasteiger partial charge in [0.05, 0.1) is 37.1 Å². The van der Waals surface area contributed by atoms with Gasteiger partial charge in [-0.25, -0.2) is 10.2 Å². The molecule has 3 aromatic rings. The molecular formula is C26H25BrN2O7. The van der Waals surface area contributed by atoms with Crippen molar-refractivity contribution in [3.63, 3.8) is 0 Å². The first-order valence-electron chi connectivity index (χ1n) is 10.8. The van der Waals surface area contributed by atoms with Gasteiger partial charge in [0, 0.05) is 5.56 Å². The predicted octanol–water partition coefficient (Wildman–Crippen LogP) is 4.91. The summed E-state index contributed by atoms with van der Waals surface area (Å²) >= 11 is 3.50. The number of methoxy groups -OCH3 is 2. The number of hydrogen-bond acceptors (Lipinski definition) is 7. The summed E-state index contributed by atoms with van der Waals surface area (Å²) in [5.74, 6) is 0.539. The summed E-state index contributed by atoms with van der Waals surface area (Å²) in [6.45, 7) is 2.48. The first kappa shape index (κ1) is 26.6. The third-order valence-electron chi connectivity index (χ3n) is 4.94. The van der Waals surface area contributed by atoms with Crippen molar-refractivity contribution in [2.75, 3.05) is 20.8 Å². The molecule has 0 saturated carbocycles. The van der Waals surface area contributed by atoms with Gasteiger partial charge in [0.25, 0.3) is 5.91 Å². The van der Waals surface area contributed by atoms with E-state index in [1.165, 1.54) is 32.6 Å². The number of nitrogens with one attached hydrogen (secondary N) is 1. The van der Waals surface area contributed by atoms with Crippen LogP contribution in [0.2, 0.25) is 0 Å². The van der Waals surface area contributed by atoms with Crippen LogP contribution in [0, 0.1) is 0 Å². The lowest BCUT2D eigenvalue weighted by atomic mass is 10.1. The van der Waals surface area contributed by atoms with Crippen LogP contribution in [0.5, 0.6) is 23.0 Å². The zero-order valence-corrected chi connectivity index (χ0v) is 21.5. The fraction of sp³-hybridized carbons (Fsp3) is 0.192. The smallest absolute Gasteiger partial charge is 0.335 e. The second-order valence-corrected chi connectivity index (χ2v) is 8.18. The number of benzene rings is 3. The van der Waals surface area contributed by atoms with E-state index in [4.69, 9.17) is 24.1 Å². The van der Waals surface area contributed by atoms with Gasteiger partial charge < -0.3 is 24.1 Å². The quantitative estimate of drug-likeness (QED) is 0.254. The highest BCUT2D eigenvalue weighted by Gasteiger charge is 2.13. The van der Waals surface area contributed by atoms with Crippen LogP contribution < -0.4 is 24.4 Å². The van der Waals surface area contributed by atoms with Gasteiger partial charge in [0.15, 0.2) is 23.0 Å². The molecule has 0 spiro atoms. The van der Waals surface area contributed by atoms with E-state index in [0.29, 0.717) is 45.2 Å². The Morgan fingerprint density at radius 3 is 2.28 bits per heavy atom. The van der Waals surface area contributed by atoms with Crippen LogP contribution in [0.15, 0.2) is 64.2 Å². The molecule has 3 aromatic carbocycles. The van der Waals surface area contributed by atoms with Crippen LogP contribution in [0.4, 0.5) is 0 Å². The minimum atomic E-state index is -0.985. The minimum absolute atomic E-state index is 0.205. The minimum Gasteiger partial charge on any atom is -0.493 e. The largest absolute Gasteiger partial charge is 0.493 e. The van der Waals surface area contributed by atoms with E-state index in [0.717, 1.165) is 5.56 Å². The van der Waals surface area contributed by atoms with E-state index in [-0.39, 0.29) is 12.2 Å². The number of amides is 1. The lowest BCUT2D eigenvalue weighted by Crippen LogP contribution is -2.17. The van der Waals surface area contributed by atoms with E-state index >= 15 is 0 Å². The van der Waals surface area contributed by atoms with Gasteiger partial charge in [0.2, 0.25) is 0 Å². The van der Waals surface area contributed by atoms with Gasteiger partial charge >= 0.3 is 5.97 Å². The summed E-state index contributed by atoms with van der Waals surface area (Å²) in [5, 5.41) is 13.1. The molecule has 0 bridgehead atoms. The summed E-state index contributed by atoms with van der Waals surface area (Å²) in [6, 6.07) is 14.8. The fourth-order valence-electron chi connectivity index (χ4n) is 3.17. The summed E-state index contributed by atoms with van der Waals surface area (Å²) in [7, 11) is 3.01. The van der Waals surface area contributed by atoms with E-state index in [9.17, 15) is 9.59 Å². The average molecular weight is 557 g/mol. The molecule has 3 rings (SSSR count). The van der Waals surface area contributed by atoms with Gasteiger partial charge in [-0.05, 0) is 76.4 Å². The maximum atomic E-state index is 12.5. The number of carboxylic acid groups (broad SMARTS) is 1. The summed E-state index contributed by atoms with van der Waals surface area (Å²) in [5.41, 5.74) is 4.52. The molecule has 10 heteroatoms. The molecule has 0 atom stereocenters. The van der Waals surface area contributed by atoms with Crippen molar-refractivity contribution in [2.45, 2.75) is 13.5 Å². The van der Waals surface area contributed by atoms with Crippen LogP contribution >= 0.6 is 15.9 Å². The number of carbonyl (C=O) groups is 2. The van der Waals surface area contributed by atoms with Gasteiger partial charge in [-0.2, -0.15) is 5.10 Å². The van der Waals surface area contributed by atoms with Crippen LogP contribution in [0.3, 0.4) is 0 Å². The molecule has 0 aliphatic carbocycles.